The first-order valence-corrected chi connectivity index (χ1v) is 8.23. The zero-order valence-electron chi connectivity index (χ0n) is 12.3. The zero-order valence-corrected chi connectivity index (χ0v) is 13.9. The van der Waals surface area contributed by atoms with E-state index in [0.29, 0.717) is 13.0 Å². The van der Waals surface area contributed by atoms with Crippen molar-refractivity contribution < 1.29 is 9.59 Å². The molecule has 2 fully saturated rings. The maximum Gasteiger partial charge on any atom is 0.250 e. The molecule has 0 saturated carbocycles. The van der Waals surface area contributed by atoms with Gasteiger partial charge in [0.05, 0.1) is 5.69 Å². The summed E-state index contributed by atoms with van der Waals surface area (Å²) >= 11 is 3.54. The number of nitrogens with zero attached hydrogens (tertiary/aromatic N) is 2. The minimum atomic E-state index is -0.383. The minimum Gasteiger partial charge on any atom is -0.329 e. The highest BCUT2D eigenvalue weighted by atomic mass is 79.9. The summed E-state index contributed by atoms with van der Waals surface area (Å²) in [5.41, 5.74) is 1.93. The third kappa shape index (κ3) is 2.27. The Morgan fingerprint density at radius 3 is 2.71 bits per heavy atom. The molecule has 0 bridgehead atoms. The van der Waals surface area contributed by atoms with Crippen LogP contribution in [0, 0.1) is 6.92 Å². The van der Waals surface area contributed by atoms with E-state index in [9.17, 15) is 9.59 Å². The fourth-order valence-corrected chi connectivity index (χ4v) is 4.04. The molecule has 2 amide bonds. The monoisotopic (exact) mass is 350 g/mol. The van der Waals surface area contributed by atoms with Crippen molar-refractivity contribution >= 4 is 33.4 Å². The van der Waals surface area contributed by atoms with E-state index in [1.54, 1.807) is 9.80 Å². The average molecular weight is 351 g/mol. The Balaban J connectivity index is 2.05. The first-order valence-electron chi connectivity index (χ1n) is 7.44. The largest absolute Gasteiger partial charge is 0.329 e. The molecule has 2 aliphatic rings. The van der Waals surface area contributed by atoms with Gasteiger partial charge in [0.15, 0.2) is 0 Å². The summed E-state index contributed by atoms with van der Waals surface area (Å²) in [6.45, 7) is 4.68. The molecule has 21 heavy (non-hydrogen) atoms. The number of carbonyl (C=O) groups is 2. The summed E-state index contributed by atoms with van der Waals surface area (Å²) in [4.78, 5) is 29.0. The molecular weight excluding hydrogens is 332 g/mol. The average Bonchev–Trinajstić information content (AvgIpc) is 2.93. The quantitative estimate of drug-likeness (QED) is 0.822. The number of anilines is 1. The summed E-state index contributed by atoms with van der Waals surface area (Å²) in [6.07, 6.45) is 2.33. The molecule has 1 aromatic carbocycles. The highest BCUT2D eigenvalue weighted by Gasteiger charge is 2.47. The van der Waals surface area contributed by atoms with Crippen molar-refractivity contribution in [2.45, 2.75) is 45.2 Å². The van der Waals surface area contributed by atoms with Crippen LogP contribution in [0.2, 0.25) is 0 Å². The number of hydrogen-bond acceptors (Lipinski definition) is 2. The van der Waals surface area contributed by atoms with Crippen LogP contribution in [-0.4, -0.2) is 35.3 Å². The predicted octanol–water partition coefficient (Wildman–Crippen LogP) is 2.87. The van der Waals surface area contributed by atoms with E-state index < -0.39 is 0 Å². The lowest BCUT2D eigenvalue weighted by Crippen LogP contribution is -2.63. The zero-order chi connectivity index (χ0) is 15.1. The van der Waals surface area contributed by atoms with Crippen molar-refractivity contribution in [3.05, 3.63) is 28.2 Å². The van der Waals surface area contributed by atoms with E-state index >= 15 is 0 Å². The van der Waals surface area contributed by atoms with Crippen LogP contribution in [0.25, 0.3) is 0 Å². The topological polar surface area (TPSA) is 40.6 Å². The van der Waals surface area contributed by atoms with Crippen LogP contribution in [0.15, 0.2) is 22.7 Å². The Morgan fingerprint density at radius 2 is 2.05 bits per heavy atom. The predicted molar refractivity (Wildman–Crippen MR) is 85.2 cm³/mol. The molecular formula is C16H19BrN2O2. The van der Waals surface area contributed by atoms with Crippen molar-refractivity contribution in [2.75, 3.05) is 11.4 Å². The SMILES string of the molecule is CCC1C(=O)N2CCCC2C(=O)N1c1ccc(C)cc1Br. The lowest BCUT2D eigenvalue weighted by molar-refractivity contribution is -0.144. The van der Waals surface area contributed by atoms with Crippen molar-refractivity contribution in [3.8, 4) is 0 Å². The van der Waals surface area contributed by atoms with E-state index in [1.807, 2.05) is 32.0 Å². The van der Waals surface area contributed by atoms with Crippen LogP contribution in [0.4, 0.5) is 5.69 Å². The van der Waals surface area contributed by atoms with E-state index in [2.05, 4.69) is 15.9 Å². The lowest BCUT2D eigenvalue weighted by atomic mass is 10.0. The van der Waals surface area contributed by atoms with Crippen molar-refractivity contribution in [1.82, 2.24) is 4.90 Å². The van der Waals surface area contributed by atoms with Gasteiger partial charge in [-0.3, -0.25) is 14.5 Å². The summed E-state index contributed by atoms with van der Waals surface area (Å²) < 4.78 is 0.869. The molecule has 0 aromatic heterocycles. The maximum atomic E-state index is 12.9. The van der Waals surface area contributed by atoms with Gasteiger partial charge in [-0.1, -0.05) is 13.0 Å². The summed E-state index contributed by atoms with van der Waals surface area (Å²) in [6, 6.07) is 5.24. The molecule has 4 nitrogen and oxygen atoms in total. The maximum absolute atomic E-state index is 12.9. The number of hydrogen-bond donors (Lipinski definition) is 0. The van der Waals surface area contributed by atoms with Gasteiger partial charge in [0.1, 0.15) is 12.1 Å². The van der Waals surface area contributed by atoms with Gasteiger partial charge in [-0.2, -0.15) is 0 Å². The normalized spacial score (nSPS) is 25.5. The lowest BCUT2D eigenvalue weighted by Gasteiger charge is -2.42. The molecule has 2 aliphatic heterocycles. The van der Waals surface area contributed by atoms with Crippen molar-refractivity contribution in [1.29, 1.82) is 0 Å². The van der Waals surface area contributed by atoms with Gasteiger partial charge in [0, 0.05) is 11.0 Å². The second-order valence-corrected chi connectivity index (χ2v) is 6.63. The molecule has 1 aromatic rings. The van der Waals surface area contributed by atoms with Crippen LogP contribution >= 0.6 is 15.9 Å². The van der Waals surface area contributed by atoms with Gasteiger partial charge in [0.25, 0.3) is 5.91 Å². The first-order chi connectivity index (χ1) is 10.0. The van der Waals surface area contributed by atoms with E-state index in [1.165, 1.54) is 0 Å². The van der Waals surface area contributed by atoms with Gasteiger partial charge in [-0.25, -0.2) is 0 Å². The van der Waals surface area contributed by atoms with Gasteiger partial charge in [-0.05, 0) is 59.8 Å². The molecule has 0 spiro atoms. The number of piperazine rings is 1. The smallest absolute Gasteiger partial charge is 0.250 e. The number of amides is 2. The molecule has 3 rings (SSSR count). The molecule has 2 unspecified atom stereocenters. The molecule has 5 heteroatoms. The molecule has 0 radical (unpaired) electrons. The Hall–Kier alpha value is -1.36. The number of halogens is 1. The summed E-state index contributed by atoms with van der Waals surface area (Å²) in [7, 11) is 0. The molecule has 0 N–H and O–H groups in total. The van der Waals surface area contributed by atoms with Gasteiger partial charge in [0.2, 0.25) is 5.91 Å². The second-order valence-electron chi connectivity index (χ2n) is 5.78. The van der Waals surface area contributed by atoms with Crippen LogP contribution in [0.1, 0.15) is 31.7 Å². The Bertz CT molecular complexity index is 602. The van der Waals surface area contributed by atoms with E-state index in [4.69, 9.17) is 0 Å². The van der Waals surface area contributed by atoms with E-state index in [-0.39, 0.29) is 23.9 Å². The molecule has 2 atom stereocenters. The fourth-order valence-electron chi connectivity index (χ4n) is 3.35. The van der Waals surface area contributed by atoms with Crippen molar-refractivity contribution in [3.63, 3.8) is 0 Å². The molecule has 2 saturated heterocycles. The minimum absolute atomic E-state index is 0.0588. The highest BCUT2D eigenvalue weighted by Crippen LogP contribution is 2.35. The fraction of sp³-hybridized carbons (Fsp3) is 0.500. The molecule has 112 valence electrons. The number of carbonyl (C=O) groups excluding carboxylic acids is 2. The van der Waals surface area contributed by atoms with E-state index in [0.717, 1.165) is 28.6 Å². The van der Waals surface area contributed by atoms with Crippen molar-refractivity contribution in [2.24, 2.45) is 0 Å². The Morgan fingerprint density at radius 1 is 1.29 bits per heavy atom. The van der Waals surface area contributed by atoms with Crippen LogP contribution in [0.5, 0.6) is 0 Å². The number of aryl methyl sites for hydroxylation is 1. The third-order valence-corrected chi connectivity index (χ3v) is 5.04. The highest BCUT2D eigenvalue weighted by molar-refractivity contribution is 9.10. The summed E-state index contributed by atoms with van der Waals surface area (Å²) in [5, 5.41) is 0. The number of fused-ring (bicyclic) bond motifs is 1. The second kappa shape index (κ2) is 5.44. The number of benzene rings is 1. The Labute approximate surface area is 133 Å². The summed E-state index contributed by atoms with van der Waals surface area (Å²) in [5.74, 6) is 0.149. The Kier molecular flexibility index (Phi) is 3.78. The third-order valence-electron chi connectivity index (χ3n) is 4.40. The molecule has 2 heterocycles. The first kappa shape index (κ1) is 14.6. The van der Waals surface area contributed by atoms with Crippen LogP contribution in [-0.2, 0) is 9.59 Å². The van der Waals surface area contributed by atoms with Gasteiger partial charge < -0.3 is 4.90 Å². The van der Waals surface area contributed by atoms with Gasteiger partial charge in [-0.15, -0.1) is 0 Å². The molecule has 0 aliphatic carbocycles. The van der Waals surface area contributed by atoms with Crippen LogP contribution < -0.4 is 4.90 Å². The number of rotatable bonds is 2. The van der Waals surface area contributed by atoms with Gasteiger partial charge >= 0.3 is 0 Å². The van der Waals surface area contributed by atoms with Crippen LogP contribution in [0.3, 0.4) is 0 Å². The standard InChI is InChI=1S/C16H19BrN2O2/c1-3-12-15(20)18-8-4-5-14(18)16(21)19(12)13-7-6-10(2)9-11(13)17/h6-7,9,12,14H,3-5,8H2,1-2H3.